The van der Waals surface area contributed by atoms with Gasteiger partial charge in [0.15, 0.2) is 0 Å². The molecular formula is C13H28N2O2. The van der Waals surface area contributed by atoms with Gasteiger partial charge in [-0.15, -0.1) is 0 Å². The van der Waals surface area contributed by atoms with Crippen LogP contribution >= 0.6 is 0 Å². The summed E-state index contributed by atoms with van der Waals surface area (Å²) in [7, 11) is 1.75. The van der Waals surface area contributed by atoms with Crippen molar-refractivity contribution in [2.24, 2.45) is 11.1 Å². The van der Waals surface area contributed by atoms with Crippen molar-refractivity contribution < 1.29 is 9.90 Å². The average Bonchev–Trinajstić information content (AvgIpc) is 2.35. The molecule has 4 nitrogen and oxygen atoms in total. The second kappa shape index (κ2) is 7.67. The van der Waals surface area contributed by atoms with Crippen molar-refractivity contribution in [3.63, 3.8) is 0 Å². The van der Waals surface area contributed by atoms with Gasteiger partial charge in [0.2, 0.25) is 5.91 Å². The summed E-state index contributed by atoms with van der Waals surface area (Å²) in [5.74, 6) is 0.0743. The molecule has 4 heteroatoms. The van der Waals surface area contributed by atoms with E-state index in [9.17, 15) is 4.79 Å². The summed E-state index contributed by atoms with van der Waals surface area (Å²) in [5, 5.41) is 9.13. The molecular weight excluding hydrogens is 216 g/mol. The van der Waals surface area contributed by atoms with E-state index < -0.39 is 5.41 Å². The van der Waals surface area contributed by atoms with Crippen molar-refractivity contribution >= 4 is 5.91 Å². The van der Waals surface area contributed by atoms with Crippen molar-refractivity contribution in [2.75, 3.05) is 20.2 Å². The zero-order valence-electron chi connectivity index (χ0n) is 11.7. The maximum Gasteiger partial charge on any atom is 0.230 e. The largest absolute Gasteiger partial charge is 0.394 e. The lowest BCUT2D eigenvalue weighted by molar-refractivity contribution is -0.144. The summed E-state index contributed by atoms with van der Waals surface area (Å²) < 4.78 is 0. The van der Waals surface area contributed by atoms with Gasteiger partial charge in [0.05, 0.1) is 18.1 Å². The van der Waals surface area contributed by atoms with Gasteiger partial charge in [-0.1, -0.05) is 26.7 Å². The molecule has 3 N–H and O–H groups in total. The van der Waals surface area contributed by atoms with Crippen LogP contribution < -0.4 is 5.73 Å². The van der Waals surface area contributed by atoms with Crippen LogP contribution in [0.4, 0.5) is 0 Å². The number of amides is 1. The maximum absolute atomic E-state index is 12.5. The molecule has 0 aromatic rings. The van der Waals surface area contributed by atoms with Crippen LogP contribution in [-0.2, 0) is 4.79 Å². The lowest BCUT2D eigenvalue weighted by Crippen LogP contribution is -2.50. The van der Waals surface area contributed by atoms with Crippen LogP contribution in [0.1, 0.15) is 46.5 Å². The number of nitrogens with two attached hydrogens (primary N) is 1. The zero-order chi connectivity index (χ0) is 13.5. The number of aliphatic hydroxyl groups is 1. The fraction of sp³-hybridized carbons (Fsp3) is 0.923. The molecule has 0 fully saturated rings. The Bertz CT molecular complexity index is 225. The molecule has 1 amide bonds. The predicted octanol–water partition coefficient (Wildman–Crippen LogP) is 1.37. The number of hydrogen-bond acceptors (Lipinski definition) is 3. The van der Waals surface area contributed by atoms with Crippen molar-refractivity contribution in [1.82, 2.24) is 4.90 Å². The Morgan fingerprint density at radius 1 is 1.35 bits per heavy atom. The molecule has 0 aromatic heterocycles. The first kappa shape index (κ1) is 16.4. The minimum absolute atomic E-state index is 0.0128. The van der Waals surface area contributed by atoms with Gasteiger partial charge < -0.3 is 15.7 Å². The highest BCUT2D eigenvalue weighted by molar-refractivity contribution is 5.83. The van der Waals surface area contributed by atoms with Crippen molar-refractivity contribution in [3.8, 4) is 0 Å². The van der Waals surface area contributed by atoms with E-state index in [1.54, 1.807) is 11.9 Å². The van der Waals surface area contributed by atoms with E-state index in [4.69, 9.17) is 10.8 Å². The molecule has 0 rings (SSSR count). The Hall–Kier alpha value is -0.610. The quantitative estimate of drug-likeness (QED) is 0.677. The number of carbonyl (C=O) groups is 1. The van der Waals surface area contributed by atoms with Gasteiger partial charge in [-0.2, -0.15) is 0 Å². The first-order valence-corrected chi connectivity index (χ1v) is 6.57. The molecule has 1 atom stereocenters. The summed E-state index contributed by atoms with van der Waals surface area (Å²) >= 11 is 0. The molecule has 0 aromatic carbocycles. The average molecular weight is 244 g/mol. The van der Waals surface area contributed by atoms with Gasteiger partial charge >= 0.3 is 0 Å². The van der Waals surface area contributed by atoms with Crippen LogP contribution in [0.5, 0.6) is 0 Å². The van der Waals surface area contributed by atoms with Gasteiger partial charge in [-0.3, -0.25) is 4.79 Å². The van der Waals surface area contributed by atoms with E-state index in [1.165, 1.54) is 0 Å². The van der Waals surface area contributed by atoms with Gasteiger partial charge in [0.25, 0.3) is 0 Å². The van der Waals surface area contributed by atoms with Crippen molar-refractivity contribution in [2.45, 2.75) is 52.5 Å². The van der Waals surface area contributed by atoms with Crippen LogP contribution in [-0.4, -0.2) is 42.2 Å². The van der Waals surface area contributed by atoms with Gasteiger partial charge in [0.1, 0.15) is 0 Å². The van der Waals surface area contributed by atoms with E-state index in [0.29, 0.717) is 6.54 Å². The van der Waals surface area contributed by atoms with Crippen LogP contribution in [0, 0.1) is 5.41 Å². The van der Waals surface area contributed by atoms with Crippen LogP contribution in [0.2, 0.25) is 0 Å². The molecule has 0 spiro atoms. The summed E-state index contributed by atoms with van der Waals surface area (Å²) in [4.78, 5) is 14.1. The van der Waals surface area contributed by atoms with Crippen LogP contribution in [0.25, 0.3) is 0 Å². The Kier molecular flexibility index (Phi) is 7.39. The molecule has 0 radical (unpaired) electrons. The fourth-order valence-corrected chi connectivity index (χ4v) is 2.28. The second-order valence-corrected chi connectivity index (χ2v) is 4.93. The molecule has 1 unspecified atom stereocenters. The summed E-state index contributed by atoms with van der Waals surface area (Å²) in [6.07, 6.45) is 3.53. The first-order chi connectivity index (χ1) is 7.98. The van der Waals surface area contributed by atoms with E-state index in [-0.39, 0.29) is 18.6 Å². The van der Waals surface area contributed by atoms with Crippen LogP contribution in [0.15, 0.2) is 0 Å². The molecule has 0 heterocycles. The number of likely N-dealkylation sites (N-methyl/N-ethyl adjacent to an activating group) is 1. The molecule has 0 aliphatic carbocycles. The van der Waals surface area contributed by atoms with Gasteiger partial charge in [-0.25, -0.2) is 0 Å². The van der Waals surface area contributed by atoms with Crippen LogP contribution in [0.3, 0.4) is 0 Å². The SMILES string of the molecule is CCCC(CN)(CCC)C(=O)N(C)C(C)CO. The summed E-state index contributed by atoms with van der Waals surface area (Å²) in [6.45, 7) is 6.36. The van der Waals surface area contributed by atoms with E-state index in [1.807, 2.05) is 6.92 Å². The third-order valence-electron chi connectivity index (χ3n) is 3.55. The number of nitrogens with zero attached hydrogens (tertiary/aromatic N) is 1. The Labute approximate surface area is 105 Å². The van der Waals surface area contributed by atoms with Gasteiger partial charge in [-0.05, 0) is 19.8 Å². The summed E-state index contributed by atoms with van der Waals surface area (Å²) in [5.41, 5.74) is 5.41. The minimum atomic E-state index is -0.443. The monoisotopic (exact) mass is 244 g/mol. The molecule has 0 saturated carbocycles. The third kappa shape index (κ3) is 3.96. The van der Waals surface area contributed by atoms with Crippen molar-refractivity contribution in [1.29, 1.82) is 0 Å². The lowest BCUT2D eigenvalue weighted by atomic mass is 9.77. The highest BCUT2D eigenvalue weighted by atomic mass is 16.3. The standard InChI is InChI=1S/C13H28N2O2/c1-5-7-13(10-14,8-6-2)12(17)15(4)11(3)9-16/h11,16H,5-10,14H2,1-4H3. The summed E-state index contributed by atoms with van der Waals surface area (Å²) in [6, 6.07) is -0.151. The second-order valence-electron chi connectivity index (χ2n) is 4.93. The molecule has 102 valence electrons. The first-order valence-electron chi connectivity index (χ1n) is 6.57. The predicted molar refractivity (Wildman–Crippen MR) is 70.6 cm³/mol. The number of aliphatic hydroxyl groups excluding tert-OH is 1. The highest BCUT2D eigenvalue weighted by Gasteiger charge is 2.38. The number of rotatable bonds is 8. The van der Waals surface area contributed by atoms with Crippen molar-refractivity contribution in [3.05, 3.63) is 0 Å². The Balaban J connectivity index is 4.95. The fourth-order valence-electron chi connectivity index (χ4n) is 2.28. The third-order valence-corrected chi connectivity index (χ3v) is 3.55. The number of carbonyl (C=O) groups excluding carboxylic acids is 1. The Morgan fingerprint density at radius 2 is 1.82 bits per heavy atom. The topological polar surface area (TPSA) is 66.6 Å². The van der Waals surface area contributed by atoms with E-state index in [2.05, 4.69) is 13.8 Å². The Morgan fingerprint density at radius 3 is 2.12 bits per heavy atom. The minimum Gasteiger partial charge on any atom is -0.394 e. The lowest BCUT2D eigenvalue weighted by Gasteiger charge is -2.37. The normalized spacial score (nSPS) is 13.5. The molecule has 0 bridgehead atoms. The molecule has 17 heavy (non-hydrogen) atoms. The smallest absolute Gasteiger partial charge is 0.230 e. The van der Waals surface area contributed by atoms with Gasteiger partial charge in [0, 0.05) is 13.6 Å². The molecule has 0 aliphatic heterocycles. The maximum atomic E-state index is 12.5. The van der Waals surface area contributed by atoms with E-state index >= 15 is 0 Å². The molecule has 0 aliphatic rings. The molecule has 0 saturated heterocycles. The van der Waals surface area contributed by atoms with E-state index in [0.717, 1.165) is 25.7 Å². The number of hydrogen-bond donors (Lipinski definition) is 2. The zero-order valence-corrected chi connectivity index (χ0v) is 11.7. The highest BCUT2D eigenvalue weighted by Crippen LogP contribution is 2.31.